The van der Waals surface area contributed by atoms with Crippen molar-refractivity contribution in [1.29, 1.82) is 0 Å². The van der Waals surface area contributed by atoms with Crippen LogP contribution in [0.3, 0.4) is 0 Å². The predicted molar refractivity (Wildman–Crippen MR) is 110 cm³/mol. The molecule has 1 atom stereocenters. The molecule has 1 aliphatic heterocycles. The average Bonchev–Trinajstić information content (AvgIpc) is 3.03. The maximum absolute atomic E-state index is 12.7. The highest BCUT2D eigenvalue weighted by Gasteiger charge is 2.22. The summed E-state index contributed by atoms with van der Waals surface area (Å²) in [5, 5.41) is 0. The number of aromatic nitrogens is 2. The summed E-state index contributed by atoms with van der Waals surface area (Å²) in [6.45, 7) is 3.51. The summed E-state index contributed by atoms with van der Waals surface area (Å²) >= 11 is 0. The molecule has 1 aromatic heterocycles. The SMILES string of the molecule is CC(Oc1ccc(-c2cnc3ccccc3n2)cc1)C(=O)N1CCCCCC1. The van der Waals surface area contributed by atoms with Crippen LogP contribution in [0.1, 0.15) is 32.6 Å². The molecule has 2 heterocycles. The number of carbonyl (C=O) groups excluding carboxylic acids is 1. The summed E-state index contributed by atoms with van der Waals surface area (Å²) in [6.07, 6.45) is 5.88. The molecule has 0 aliphatic carbocycles. The number of fused-ring (bicyclic) bond motifs is 1. The highest BCUT2D eigenvalue weighted by atomic mass is 16.5. The Morgan fingerprint density at radius 1 is 0.964 bits per heavy atom. The van der Waals surface area contributed by atoms with Gasteiger partial charge in [0, 0.05) is 18.7 Å². The van der Waals surface area contributed by atoms with Crippen molar-refractivity contribution >= 4 is 16.9 Å². The molecule has 4 rings (SSSR count). The number of amides is 1. The Morgan fingerprint density at radius 3 is 2.36 bits per heavy atom. The fraction of sp³-hybridized carbons (Fsp3) is 0.348. The van der Waals surface area contributed by atoms with Crippen LogP contribution in [0.15, 0.2) is 54.7 Å². The van der Waals surface area contributed by atoms with Gasteiger partial charge in [0.1, 0.15) is 5.75 Å². The van der Waals surface area contributed by atoms with E-state index >= 15 is 0 Å². The third-order valence-electron chi connectivity index (χ3n) is 5.18. The number of nitrogens with zero attached hydrogens (tertiary/aromatic N) is 3. The number of benzene rings is 2. The van der Waals surface area contributed by atoms with E-state index in [1.54, 1.807) is 6.20 Å². The van der Waals surface area contributed by atoms with Crippen molar-refractivity contribution in [3.8, 4) is 17.0 Å². The second-order valence-corrected chi connectivity index (χ2v) is 7.27. The van der Waals surface area contributed by atoms with Crippen LogP contribution in [0.25, 0.3) is 22.3 Å². The summed E-state index contributed by atoms with van der Waals surface area (Å²) < 4.78 is 5.90. The van der Waals surface area contributed by atoms with Crippen LogP contribution < -0.4 is 4.74 Å². The largest absolute Gasteiger partial charge is 0.481 e. The molecule has 28 heavy (non-hydrogen) atoms. The number of hydrogen-bond acceptors (Lipinski definition) is 4. The van der Waals surface area contributed by atoms with Gasteiger partial charge in [-0.15, -0.1) is 0 Å². The molecule has 0 radical (unpaired) electrons. The molecule has 1 unspecified atom stereocenters. The van der Waals surface area contributed by atoms with E-state index in [2.05, 4.69) is 9.97 Å². The standard InChI is InChI=1S/C23H25N3O2/c1-17(23(27)26-14-6-2-3-7-15-26)28-19-12-10-18(11-13-19)22-16-24-20-8-4-5-9-21(20)25-22/h4-5,8-13,16-17H,2-3,6-7,14-15H2,1H3. The lowest BCUT2D eigenvalue weighted by Gasteiger charge is -2.24. The van der Waals surface area contributed by atoms with Crippen molar-refractivity contribution in [2.24, 2.45) is 0 Å². The first-order chi connectivity index (χ1) is 13.7. The number of likely N-dealkylation sites (tertiary alicyclic amines) is 1. The van der Waals surface area contributed by atoms with Gasteiger partial charge in [-0.2, -0.15) is 0 Å². The summed E-state index contributed by atoms with van der Waals surface area (Å²) in [6, 6.07) is 15.5. The molecule has 1 fully saturated rings. The monoisotopic (exact) mass is 375 g/mol. The third kappa shape index (κ3) is 4.14. The van der Waals surface area contributed by atoms with Gasteiger partial charge >= 0.3 is 0 Å². The zero-order chi connectivity index (χ0) is 19.3. The van der Waals surface area contributed by atoms with Crippen LogP contribution >= 0.6 is 0 Å². The second-order valence-electron chi connectivity index (χ2n) is 7.27. The molecule has 5 heteroatoms. The lowest BCUT2D eigenvalue weighted by Crippen LogP contribution is -2.40. The van der Waals surface area contributed by atoms with E-state index in [1.807, 2.05) is 60.4 Å². The van der Waals surface area contributed by atoms with Crippen molar-refractivity contribution in [3.05, 3.63) is 54.7 Å². The quantitative estimate of drug-likeness (QED) is 0.675. The third-order valence-corrected chi connectivity index (χ3v) is 5.18. The molecule has 0 spiro atoms. The van der Waals surface area contributed by atoms with Crippen molar-refractivity contribution < 1.29 is 9.53 Å². The van der Waals surface area contributed by atoms with Crippen molar-refractivity contribution in [2.45, 2.75) is 38.7 Å². The minimum Gasteiger partial charge on any atom is -0.481 e. The van der Waals surface area contributed by atoms with E-state index in [4.69, 9.17) is 4.74 Å². The number of rotatable bonds is 4. The Morgan fingerprint density at radius 2 is 1.64 bits per heavy atom. The molecular formula is C23H25N3O2. The Kier molecular flexibility index (Phi) is 5.51. The van der Waals surface area contributed by atoms with Gasteiger partial charge in [0.2, 0.25) is 0 Å². The lowest BCUT2D eigenvalue weighted by atomic mass is 10.1. The molecule has 2 aromatic carbocycles. The maximum Gasteiger partial charge on any atom is 0.263 e. The summed E-state index contributed by atoms with van der Waals surface area (Å²) in [7, 11) is 0. The number of carbonyl (C=O) groups is 1. The topological polar surface area (TPSA) is 55.3 Å². The van der Waals surface area contributed by atoms with Crippen LogP contribution in [0.4, 0.5) is 0 Å². The minimum absolute atomic E-state index is 0.0753. The first kappa shape index (κ1) is 18.4. The van der Waals surface area contributed by atoms with Gasteiger partial charge in [0.05, 0.1) is 22.9 Å². The minimum atomic E-state index is -0.482. The Labute approximate surface area is 165 Å². The van der Waals surface area contributed by atoms with Crippen LogP contribution in [0.5, 0.6) is 5.75 Å². The van der Waals surface area contributed by atoms with Crippen molar-refractivity contribution in [3.63, 3.8) is 0 Å². The highest BCUT2D eigenvalue weighted by molar-refractivity contribution is 5.81. The van der Waals surface area contributed by atoms with Crippen LogP contribution in [-0.2, 0) is 4.79 Å². The fourth-order valence-corrected chi connectivity index (χ4v) is 3.60. The summed E-state index contributed by atoms with van der Waals surface area (Å²) in [4.78, 5) is 23.7. The number of ether oxygens (including phenoxy) is 1. The Hall–Kier alpha value is -2.95. The molecule has 0 saturated carbocycles. The molecule has 5 nitrogen and oxygen atoms in total. The van der Waals surface area contributed by atoms with Crippen LogP contribution in [-0.4, -0.2) is 40.0 Å². The Bertz CT molecular complexity index is 947. The van der Waals surface area contributed by atoms with E-state index in [0.717, 1.165) is 48.2 Å². The molecule has 3 aromatic rings. The van der Waals surface area contributed by atoms with E-state index in [-0.39, 0.29) is 5.91 Å². The molecule has 144 valence electrons. The van der Waals surface area contributed by atoms with Crippen LogP contribution in [0, 0.1) is 0 Å². The van der Waals surface area contributed by atoms with Gasteiger partial charge < -0.3 is 9.64 Å². The van der Waals surface area contributed by atoms with Gasteiger partial charge in [-0.1, -0.05) is 25.0 Å². The lowest BCUT2D eigenvalue weighted by molar-refractivity contribution is -0.137. The molecule has 0 bridgehead atoms. The van der Waals surface area contributed by atoms with E-state index in [0.29, 0.717) is 5.75 Å². The molecule has 1 aliphatic rings. The maximum atomic E-state index is 12.7. The van der Waals surface area contributed by atoms with Crippen LogP contribution in [0.2, 0.25) is 0 Å². The first-order valence-electron chi connectivity index (χ1n) is 9.98. The first-order valence-corrected chi connectivity index (χ1v) is 9.98. The highest BCUT2D eigenvalue weighted by Crippen LogP contribution is 2.23. The zero-order valence-electron chi connectivity index (χ0n) is 16.2. The van der Waals surface area contributed by atoms with Gasteiger partial charge in [0.15, 0.2) is 6.10 Å². The van der Waals surface area contributed by atoms with E-state index in [9.17, 15) is 4.79 Å². The van der Waals surface area contributed by atoms with Gasteiger partial charge in [-0.25, -0.2) is 4.98 Å². The molecule has 1 saturated heterocycles. The zero-order valence-corrected chi connectivity index (χ0v) is 16.2. The number of hydrogen-bond donors (Lipinski definition) is 0. The Balaban J connectivity index is 1.44. The van der Waals surface area contributed by atoms with Gasteiger partial charge in [0.25, 0.3) is 5.91 Å². The summed E-state index contributed by atoms with van der Waals surface area (Å²) in [5.41, 5.74) is 3.54. The molecule has 1 amide bonds. The molecule has 0 N–H and O–H groups in total. The number of para-hydroxylation sites is 2. The normalized spacial score (nSPS) is 15.8. The average molecular weight is 375 g/mol. The van der Waals surface area contributed by atoms with Crippen molar-refractivity contribution in [1.82, 2.24) is 14.9 Å². The summed E-state index contributed by atoms with van der Waals surface area (Å²) in [5.74, 6) is 0.763. The fourth-order valence-electron chi connectivity index (χ4n) is 3.60. The predicted octanol–water partition coefficient (Wildman–Crippen LogP) is 4.47. The van der Waals surface area contributed by atoms with Crippen molar-refractivity contribution in [2.75, 3.05) is 13.1 Å². The van der Waals surface area contributed by atoms with E-state index < -0.39 is 6.10 Å². The van der Waals surface area contributed by atoms with Gasteiger partial charge in [-0.05, 0) is 56.2 Å². The van der Waals surface area contributed by atoms with E-state index in [1.165, 1.54) is 12.8 Å². The smallest absolute Gasteiger partial charge is 0.263 e. The molecular weight excluding hydrogens is 350 g/mol. The second kappa shape index (κ2) is 8.38. The van der Waals surface area contributed by atoms with Gasteiger partial charge in [-0.3, -0.25) is 9.78 Å².